The molecule has 156 valence electrons. The van der Waals surface area contributed by atoms with Crippen molar-refractivity contribution in [3.63, 3.8) is 0 Å². The third-order valence-corrected chi connectivity index (χ3v) is 6.03. The maximum absolute atomic E-state index is 12.4. The summed E-state index contributed by atoms with van der Waals surface area (Å²) in [6.07, 6.45) is 0.0981. The van der Waals surface area contributed by atoms with Gasteiger partial charge in [0.2, 0.25) is 15.9 Å². The highest BCUT2D eigenvalue weighted by molar-refractivity contribution is 7.89. The Kier molecular flexibility index (Phi) is 6.97. The molecule has 7 heteroatoms. The van der Waals surface area contributed by atoms with Gasteiger partial charge in [-0.05, 0) is 70.0 Å². The van der Waals surface area contributed by atoms with Crippen molar-refractivity contribution < 1.29 is 18.0 Å². The number of anilines is 1. The SMILES string of the molecule is Cc1ccc(C(=O)CCC(=O)Nc2cccc(S(=O)(=O)NC(C)(C)C)c2)cc1C. The Morgan fingerprint density at radius 3 is 2.24 bits per heavy atom. The number of aryl methyl sites for hydroxylation is 2. The number of rotatable bonds is 7. The van der Waals surface area contributed by atoms with Crippen LogP contribution in [0.3, 0.4) is 0 Å². The third kappa shape index (κ3) is 6.80. The fourth-order valence-electron chi connectivity index (χ4n) is 2.71. The maximum atomic E-state index is 12.4. The van der Waals surface area contributed by atoms with Gasteiger partial charge in [0.15, 0.2) is 5.78 Å². The van der Waals surface area contributed by atoms with Crippen LogP contribution in [0.25, 0.3) is 0 Å². The van der Waals surface area contributed by atoms with E-state index in [1.54, 1.807) is 39.0 Å². The molecule has 29 heavy (non-hydrogen) atoms. The summed E-state index contributed by atoms with van der Waals surface area (Å²) >= 11 is 0. The Bertz CT molecular complexity index is 1020. The summed E-state index contributed by atoms with van der Waals surface area (Å²) in [7, 11) is -3.70. The van der Waals surface area contributed by atoms with Crippen molar-refractivity contribution in [3.8, 4) is 0 Å². The number of carbonyl (C=O) groups excluding carboxylic acids is 2. The van der Waals surface area contributed by atoms with Crippen LogP contribution in [0.1, 0.15) is 55.1 Å². The first kappa shape index (κ1) is 22.8. The molecule has 0 aliphatic carbocycles. The first-order chi connectivity index (χ1) is 13.4. The molecule has 0 spiro atoms. The van der Waals surface area contributed by atoms with Crippen molar-refractivity contribution >= 4 is 27.4 Å². The molecular weight excluding hydrogens is 388 g/mol. The van der Waals surface area contributed by atoms with Crippen LogP contribution in [0.5, 0.6) is 0 Å². The van der Waals surface area contributed by atoms with E-state index in [2.05, 4.69) is 10.0 Å². The van der Waals surface area contributed by atoms with Crippen molar-refractivity contribution in [1.82, 2.24) is 4.72 Å². The lowest BCUT2D eigenvalue weighted by Crippen LogP contribution is -2.40. The molecule has 0 radical (unpaired) electrons. The van der Waals surface area contributed by atoms with Gasteiger partial charge in [0.25, 0.3) is 0 Å². The van der Waals surface area contributed by atoms with Gasteiger partial charge in [0, 0.05) is 29.6 Å². The molecule has 2 aromatic carbocycles. The minimum absolute atomic E-state index is 0.0168. The Balaban J connectivity index is 2.00. The second-order valence-electron chi connectivity index (χ2n) is 8.15. The largest absolute Gasteiger partial charge is 0.326 e. The summed E-state index contributed by atoms with van der Waals surface area (Å²) in [6, 6.07) is 11.5. The van der Waals surface area contributed by atoms with Gasteiger partial charge >= 0.3 is 0 Å². The lowest BCUT2D eigenvalue weighted by atomic mass is 10.0. The molecule has 2 N–H and O–H groups in total. The molecule has 0 bridgehead atoms. The predicted molar refractivity (Wildman–Crippen MR) is 115 cm³/mol. The van der Waals surface area contributed by atoms with Crippen LogP contribution < -0.4 is 10.0 Å². The first-order valence-corrected chi connectivity index (χ1v) is 10.9. The van der Waals surface area contributed by atoms with E-state index in [1.165, 1.54) is 12.1 Å². The summed E-state index contributed by atoms with van der Waals surface area (Å²) < 4.78 is 27.5. The zero-order valence-corrected chi connectivity index (χ0v) is 18.3. The number of carbonyl (C=O) groups is 2. The van der Waals surface area contributed by atoms with Crippen molar-refractivity contribution in [3.05, 3.63) is 59.2 Å². The minimum atomic E-state index is -3.70. The molecule has 0 unspecified atom stereocenters. The number of amides is 1. The summed E-state index contributed by atoms with van der Waals surface area (Å²) in [6.45, 7) is 9.17. The smallest absolute Gasteiger partial charge is 0.241 e. The van der Waals surface area contributed by atoms with Crippen LogP contribution in [-0.2, 0) is 14.8 Å². The van der Waals surface area contributed by atoms with Crippen molar-refractivity contribution in [2.45, 2.75) is 57.9 Å². The maximum Gasteiger partial charge on any atom is 0.241 e. The van der Waals surface area contributed by atoms with E-state index in [-0.39, 0.29) is 29.4 Å². The van der Waals surface area contributed by atoms with Gasteiger partial charge in [0.05, 0.1) is 4.90 Å². The second kappa shape index (κ2) is 8.88. The van der Waals surface area contributed by atoms with Crippen LogP contribution in [0.4, 0.5) is 5.69 Å². The number of sulfonamides is 1. The Labute approximate surface area is 172 Å². The van der Waals surface area contributed by atoms with Crippen LogP contribution in [-0.4, -0.2) is 25.6 Å². The number of hydrogen-bond acceptors (Lipinski definition) is 4. The second-order valence-corrected chi connectivity index (χ2v) is 9.84. The van der Waals surface area contributed by atoms with Crippen LogP contribution in [0.15, 0.2) is 47.4 Å². The van der Waals surface area contributed by atoms with E-state index in [1.807, 2.05) is 26.0 Å². The van der Waals surface area contributed by atoms with Crippen LogP contribution in [0, 0.1) is 13.8 Å². The highest BCUT2D eigenvalue weighted by Crippen LogP contribution is 2.18. The van der Waals surface area contributed by atoms with Gasteiger partial charge in [0.1, 0.15) is 0 Å². The molecular formula is C22H28N2O4S. The van der Waals surface area contributed by atoms with E-state index >= 15 is 0 Å². The highest BCUT2D eigenvalue weighted by Gasteiger charge is 2.22. The molecule has 0 aliphatic heterocycles. The van der Waals surface area contributed by atoms with Gasteiger partial charge < -0.3 is 5.32 Å². The Morgan fingerprint density at radius 2 is 1.62 bits per heavy atom. The molecule has 2 aromatic rings. The minimum Gasteiger partial charge on any atom is -0.326 e. The molecule has 0 aliphatic rings. The molecule has 0 saturated carbocycles. The van der Waals surface area contributed by atoms with E-state index < -0.39 is 15.6 Å². The van der Waals surface area contributed by atoms with Gasteiger partial charge in [-0.25, -0.2) is 13.1 Å². The van der Waals surface area contributed by atoms with Crippen molar-refractivity contribution in [1.29, 1.82) is 0 Å². The molecule has 1 amide bonds. The first-order valence-electron chi connectivity index (χ1n) is 9.42. The molecule has 0 saturated heterocycles. The molecule has 6 nitrogen and oxygen atoms in total. The lowest BCUT2D eigenvalue weighted by Gasteiger charge is -2.20. The Morgan fingerprint density at radius 1 is 0.931 bits per heavy atom. The number of hydrogen-bond donors (Lipinski definition) is 2. The number of ketones is 1. The lowest BCUT2D eigenvalue weighted by molar-refractivity contribution is -0.116. The summed E-state index contributed by atoms with van der Waals surface area (Å²) in [5, 5.41) is 2.66. The molecule has 0 atom stereocenters. The Hall–Kier alpha value is -2.51. The third-order valence-electron chi connectivity index (χ3n) is 4.28. The molecule has 0 heterocycles. The molecule has 2 rings (SSSR count). The highest BCUT2D eigenvalue weighted by atomic mass is 32.2. The topological polar surface area (TPSA) is 92.3 Å². The normalized spacial score (nSPS) is 11.9. The fraction of sp³-hybridized carbons (Fsp3) is 0.364. The van der Waals surface area contributed by atoms with Gasteiger partial charge in [-0.15, -0.1) is 0 Å². The van der Waals surface area contributed by atoms with E-state index in [0.717, 1.165) is 11.1 Å². The van der Waals surface area contributed by atoms with Gasteiger partial charge in [-0.2, -0.15) is 0 Å². The predicted octanol–water partition coefficient (Wildman–Crippen LogP) is 3.98. The fourth-order valence-corrected chi connectivity index (χ4v) is 4.18. The summed E-state index contributed by atoms with van der Waals surface area (Å²) in [5.41, 5.74) is 2.47. The van der Waals surface area contributed by atoms with Crippen molar-refractivity contribution in [2.24, 2.45) is 0 Å². The summed E-state index contributed by atoms with van der Waals surface area (Å²) in [4.78, 5) is 24.6. The van der Waals surface area contributed by atoms with Gasteiger partial charge in [-0.1, -0.05) is 18.2 Å². The van der Waals surface area contributed by atoms with Crippen molar-refractivity contribution in [2.75, 3.05) is 5.32 Å². The molecule has 0 aromatic heterocycles. The van der Waals surface area contributed by atoms with Gasteiger partial charge in [-0.3, -0.25) is 9.59 Å². The average molecular weight is 417 g/mol. The number of nitrogens with one attached hydrogen (secondary N) is 2. The zero-order chi connectivity index (χ0) is 21.8. The molecule has 0 fully saturated rings. The standard InChI is InChI=1S/C22H28N2O4S/c1-15-9-10-17(13-16(15)2)20(25)11-12-21(26)23-18-7-6-8-19(14-18)29(27,28)24-22(3,4)5/h6-10,13-14,24H,11-12H2,1-5H3,(H,23,26). The monoisotopic (exact) mass is 416 g/mol. The average Bonchev–Trinajstić information content (AvgIpc) is 2.60. The quantitative estimate of drug-likeness (QED) is 0.668. The number of benzene rings is 2. The van der Waals surface area contributed by atoms with Crippen LogP contribution >= 0.6 is 0 Å². The van der Waals surface area contributed by atoms with Crippen LogP contribution in [0.2, 0.25) is 0 Å². The van der Waals surface area contributed by atoms with E-state index in [0.29, 0.717) is 11.3 Å². The summed E-state index contributed by atoms with van der Waals surface area (Å²) in [5.74, 6) is -0.450. The van der Waals surface area contributed by atoms with E-state index in [9.17, 15) is 18.0 Å². The number of Topliss-reactive ketones (excluding diaryl/α,β-unsaturated/α-hetero) is 1. The zero-order valence-electron chi connectivity index (χ0n) is 17.5. The van der Waals surface area contributed by atoms with E-state index in [4.69, 9.17) is 0 Å².